The Morgan fingerprint density at radius 3 is 2.47 bits per heavy atom. The van der Waals surface area contributed by atoms with Crippen molar-refractivity contribution in [2.24, 2.45) is 0 Å². The molecule has 4 atom stereocenters. The maximum atomic E-state index is 12.2. The van der Waals surface area contributed by atoms with E-state index in [1.54, 1.807) is 24.3 Å². The summed E-state index contributed by atoms with van der Waals surface area (Å²) in [5.74, 6) is 0. The van der Waals surface area contributed by atoms with Crippen LogP contribution in [-0.4, -0.2) is 28.8 Å². The van der Waals surface area contributed by atoms with Gasteiger partial charge in [0.05, 0.1) is 0 Å². The number of aliphatic hydroxyl groups is 2. The van der Waals surface area contributed by atoms with Gasteiger partial charge in [0, 0.05) is 7.11 Å². The lowest BCUT2D eigenvalue weighted by Gasteiger charge is -2.24. The molecule has 0 radical (unpaired) electrons. The molecule has 2 rings (SSSR count). The summed E-state index contributed by atoms with van der Waals surface area (Å²) in [6, 6.07) is 8.83. The first-order valence-corrected chi connectivity index (χ1v) is 6.76. The molecule has 1 aromatic carbocycles. The zero-order chi connectivity index (χ0) is 12.7. The van der Waals surface area contributed by atoms with E-state index in [1.165, 1.54) is 14.0 Å². The van der Waals surface area contributed by atoms with Crippen molar-refractivity contribution in [3.05, 3.63) is 35.9 Å². The van der Waals surface area contributed by atoms with Crippen LogP contribution in [0.5, 0.6) is 0 Å². The van der Waals surface area contributed by atoms with Crippen molar-refractivity contribution in [1.82, 2.24) is 0 Å². The molecule has 0 saturated carbocycles. The highest BCUT2D eigenvalue weighted by Crippen LogP contribution is 2.68. The van der Waals surface area contributed by atoms with Crippen LogP contribution in [0, 0.1) is 0 Å². The van der Waals surface area contributed by atoms with E-state index >= 15 is 0 Å². The summed E-state index contributed by atoms with van der Waals surface area (Å²) in [7, 11) is -2.54. The fourth-order valence-electron chi connectivity index (χ4n) is 1.88. The Balaban J connectivity index is 2.39. The Hall–Kier alpha value is -0.710. The van der Waals surface area contributed by atoms with Crippen LogP contribution in [0.15, 0.2) is 30.3 Å². The summed E-state index contributed by atoms with van der Waals surface area (Å²) >= 11 is 0. The molecule has 1 aliphatic heterocycles. The maximum absolute atomic E-state index is 12.2. The van der Waals surface area contributed by atoms with Gasteiger partial charge < -0.3 is 14.7 Å². The Bertz CT molecular complexity index is 444. The fourth-order valence-corrected chi connectivity index (χ4v) is 3.54. The maximum Gasteiger partial charge on any atom is 0.364 e. The van der Waals surface area contributed by atoms with Crippen molar-refractivity contribution >= 4 is 7.60 Å². The summed E-state index contributed by atoms with van der Waals surface area (Å²) in [5, 5.41) is 18.2. The molecule has 1 heterocycles. The zero-order valence-corrected chi connectivity index (χ0v) is 10.5. The van der Waals surface area contributed by atoms with Gasteiger partial charge in [0.2, 0.25) is 0 Å². The summed E-state index contributed by atoms with van der Waals surface area (Å²) in [6.45, 7) is 1.25. The summed E-state index contributed by atoms with van der Waals surface area (Å²) in [6.07, 6.45) is -2.15. The number of hydrogen-bond donors (Lipinski definition) is 2. The first-order valence-electron chi connectivity index (χ1n) is 5.22. The number of benzene rings is 1. The molecular weight excluding hydrogens is 243 g/mol. The van der Waals surface area contributed by atoms with E-state index in [2.05, 4.69) is 0 Å². The third kappa shape index (κ3) is 1.84. The van der Waals surface area contributed by atoms with Crippen LogP contribution in [0.3, 0.4) is 0 Å². The predicted molar refractivity (Wildman–Crippen MR) is 61.5 cm³/mol. The van der Waals surface area contributed by atoms with Crippen LogP contribution in [0.2, 0.25) is 0 Å². The van der Waals surface area contributed by atoms with Gasteiger partial charge in [-0.05, 0) is 12.5 Å². The molecule has 1 fully saturated rings. The normalized spacial score (nSPS) is 41.6. The van der Waals surface area contributed by atoms with Crippen molar-refractivity contribution in [2.45, 2.75) is 24.5 Å². The van der Waals surface area contributed by atoms with Gasteiger partial charge in [0.15, 0.2) is 5.34 Å². The molecule has 0 bridgehead atoms. The lowest BCUT2D eigenvalue weighted by atomic mass is 10.0. The molecule has 0 amide bonds. The Labute approximate surface area is 99.5 Å². The largest absolute Gasteiger partial charge is 0.386 e. The summed E-state index contributed by atoms with van der Waals surface area (Å²) in [4.78, 5) is 0. The predicted octanol–water partition coefficient (Wildman–Crippen LogP) is 1.67. The van der Waals surface area contributed by atoms with Crippen LogP contribution in [0.1, 0.15) is 18.6 Å². The van der Waals surface area contributed by atoms with Crippen LogP contribution in [0.4, 0.5) is 0 Å². The lowest BCUT2D eigenvalue weighted by molar-refractivity contribution is -0.0252. The van der Waals surface area contributed by atoms with Crippen LogP contribution in [0.25, 0.3) is 0 Å². The molecule has 2 N–H and O–H groups in total. The highest BCUT2D eigenvalue weighted by molar-refractivity contribution is 7.55. The molecule has 1 unspecified atom stereocenters. The molecule has 1 aromatic rings. The summed E-state index contributed by atoms with van der Waals surface area (Å²) < 4.78 is 22.2. The van der Waals surface area contributed by atoms with Crippen LogP contribution in [-0.2, 0) is 13.6 Å². The Morgan fingerprint density at radius 1 is 1.41 bits per heavy atom. The van der Waals surface area contributed by atoms with Gasteiger partial charge in [-0.15, -0.1) is 0 Å². The molecule has 0 spiro atoms. The van der Waals surface area contributed by atoms with Gasteiger partial charge >= 0.3 is 7.60 Å². The van der Waals surface area contributed by atoms with Crippen molar-refractivity contribution in [1.29, 1.82) is 0 Å². The minimum atomic E-state index is -3.73. The minimum absolute atomic E-state index is 0.648. The quantitative estimate of drug-likeness (QED) is 0.789. The number of rotatable bonds is 2. The van der Waals surface area contributed by atoms with Gasteiger partial charge in [-0.3, -0.25) is 9.09 Å². The molecule has 0 aromatic heterocycles. The van der Waals surface area contributed by atoms with Crippen molar-refractivity contribution < 1.29 is 23.8 Å². The topological polar surface area (TPSA) is 76.0 Å². The highest BCUT2D eigenvalue weighted by atomic mass is 31.2. The SMILES string of the molecule is COP1(=O)O[C@@H](c2ccccc2)[C@H](O)[C@]1(C)O. The molecular formula is C11H15O5P. The molecule has 6 heteroatoms. The molecule has 1 saturated heterocycles. The third-order valence-electron chi connectivity index (χ3n) is 3.02. The van der Waals surface area contributed by atoms with Gasteiger partial charge in [-0.25, -0.2) is 0 Å². The van der Waals surface area contributed by atoms with E-state index in [9.17, 15) is 14.8 Å². The van der Waals surface area contributed by atoms with Gasteiger partial charge in [-0.1, -0.05) is 30.3 Å². The van der Waals surface area contributed by atoms with E-state index < -0.39 is 25.1 Å². The van der Waals surface area contributed by atoms with Crippen molar-refractivity contribution in [3.8, 4) is 0 Å². The second-order valence-electron chi connectivity index (χ2n) is 4.16. The van der Waals surface area contributed by atoms with Gasteiger partial charge in [0.25, 0.3) is 0 Å². The second-order valence-corrected chi connectivity index (χ2v) is 6.63. The average molecular weight is 258 g/mol. The number of hydrogen-bond acceptors (Lipinski definition) is 5. The fraction of sp³-hybridized carbons (Fsp3) is 0.455. The van der Waals surface area contributed by atoms with Crippen molar-refractivity contribution in [2.75, 3.05) is 7.11 Å². The van der Waals surface area contributed by atoms with Gasteiger partial charge in [0.1, 0.15) is 12.2 Å². The molecule has 1 aliphatic rings. The Kier molecular flexibility index (Phi) is 3.14. The monoisotopic (exact) mass is 258 g/mol. The second kappa shape index (κ2) is 4.19. The van der Waals surface area contributed by atoms with E-state index in [1.807, 2.05) is 6.07 Å². The standard InChI is InChI=1S/C11H15O5P/c1-11(13)10(12)9(16-17(11,14)15-2)8-6-4-3-5-7-8/h3-7,9-10,12-13H,1-2H3/t9-,10-,11+,17?/m0/s1. The minimum Gasteiger partial charge on any atom is -0.386 e. The van der Waals surface area contributed by atoms with E-state index in [-0.39, 0.29) is 0 Å². The zero-order valence-electron chi connectivity index (χ0n) is 9.61. The van der Waals surface area contributed by atoms with E-state index in [0.717, 1.165) is 0 Å². The first-order chi connectivity index (χ1) is 7.92. The average Bonchev–Trinajstić information content (AvgIpc) is 2.52. The molecule has 5 nitrogen and oxygen atoms in total. The van der Waals surface area contributed by atoms with Crippen LogP contribution < -0.4 is 0 Å². The van der Waals surface area contributed by atoms with E-state index in [4.69, 9.17) is 9.05 Å². The van der Waals surface area contributed by atoms with Gasteiger partial charge in [-0.2, -0.15) is 0 Å². The molecule has 0 aliphatic carbocycles. The lowest BCUT2D eigenvalue weighted by Crippen LogP contribution is -2.36. The summed E-state index contributed by atoms with van der Waals surface area (Å²) in [5.41, 5.74) is 0.648. The third-order valence-corrected chi connectivity index (χ3v) is 5.38. The van der Waals surface area contributed by atoms with E-state index in [0.29, 0.717) is 5.56 Å². The van der Waals surface area contributed by atoms with Crippen molar-refractivity contribution in [3.63, 3.8) is 0 Å². The van der Waals surface area contributed by atoms with Crippen LogP contribution >= 0.6 is 7.60 Å². The Morgan fingerprint density at radius 2 is 2.00 bits per heavy atom. The highest BCUT2D eigenvalue weighted by Gasteiger charge is 2.61. The molecule has 94 valence electrons. The first kappa shape index (κ1) is 12.7. The molecule has 17 heavy (non-hydrogen) atoms. The number of aliphatic hydroxyl groups excluding tert-OH is 1. The smallest absolute Gasteiger partial charge is 0.364 e.